The van der Waals surface area contributed by atoms with E-state index in [9.17, 15) is 0 Å². The minimum atomic E-state index is 0.662. The monoisotopic (exact) mass is 344 g/mol. The van der Waals surface area contributed by atoms with Gasteiger partial charge < -0.3 is 4.90 Å². The van der Waals surface area contributed by atoms with Crippen LogP contribution >= 0.6 is 27.5 Å². The number of anilines is 1. The van der Waals surface area contributed by atoms with Gasteiger partial charge in [0.1, 0.15) is 0 Å². The van der Waals surface area contributed by atoms with E-state index in [1.807, 2.05) is 12.1 Å². The lowest BCUT2D eigenvalue weighted by Crippen LogP contribution is -2.39. The molecular weight excluding hydrogens is 324 g/mol. The average Bonchev–Trinajstić information content (AvgIpc) is 2.85. The summed E-state index contributed by atoms with van der Waals surface area (Å²) in [7, 11) is 2.15. The first-order valence-electron chi connectivity index (χ1n) is 6.96. The van der Waals surface area contributed by atoms with Crippen LogP contribution in [0.15, 0.2) is 18.2 Å². The van der Waals surface area contributed by atoms with Crippen molar-refractivity contribution in [3.05, 3.63) is 28.8 Å². The smallest absolute Gasteiger partial charge is 0.0642 e. The number of para-hydroxylation sites is 1. The number of benzene rings is 1. The number of hydrogen-bond acceptors (Lipinski definition) is 2. The first kappa shape index (κ1) is 15.1. The number of likely N-dealkylation sites (tertiary alicyclic amines) is 1. The Labute approximate surface area is 129 Å². The highest BCUT2D eigenvalue weighted by Crippen LogP contribution is 2.31. The molecule has 0 aliphatic carbocycles. The second-order valence-electron chi connectivity index (χ2n) is 5.19. The van der Waals surface area contributed by atoms with Crippen LogP contribution in [-0.2, 0) is 5.33 Å². The van der Waals surface area contributed by atoms with Gasteiger partial charge in [0, 0.05) is 25.0 Å². The van der Waals surface area contributed by atoms with E-state index in [2.05, 4.69) is 45.8 Å². The van der Waals surface area contributed by atoms with Crippen LogP contribution in [0.1, 0.15) is 25.3 Å². The van der Waals surface area contributed by atoms with Gasteiger partial charge in [0.25, 0.3) is 0 Å². The average molecular weight is 346 g/mol. The molecule has 1 aromatic carbocycles. The van der Waals surface area contributed by atoms with Gasteiger partial charge in [-0.2, -0.15) is 0 Å². The Hall–Kier alpha value is -0.250. The molecule has 0 spiro atoms. The lowest BCUT2D eigenvalue weighted by molar-refractivity contribution is 0.270. The van der Waals surface area contributed by atoms with Crippen molar-refractivity contribution in [3.8, 4) is 0 Å². The number of halogens is 2. The lowest BCUT2D eigenvalue weighted by Gasteiger charge is -2.30. The molecule has 1 aliphatic rings. The van der Waals surface area contributed by atoms with Crippen LogP contribution in [0.3, 0.4) is 0 Å². The van der Waals surface area contributed by atoms with Gasteiger partial charge >= 0.3 is 0 Å². The first-order chi connectivity index (χ1) is 9.17. The standard InChI is InChI=1S/C15H22BrClN2/c1-3-19-9-5-7-13(19)11-18(2)15-12(10-16)6-4-8-14(15)17/h4,6,8,13H,3,5,7,9-11H2,1-2H3. The Kier molecular flexibility index (Phi) is 5.55. The Balaban J connectivity index is 2.13. The van der Waals surface area contributed by atoms with Gasteiger partial charge in [-0.3, -0.25) is 4.90 Å². The third-order valence-electron chi connectivity index (χ3n) is 3.99. The second-order valence-corrected chi connectivity index (χ2v) is 6.15. The highest BCUT2D eigenvalue weighted by molar-refractivity contribution is 9.08. The summed E-state index contributed by atoms with van der Waals surface area (Å²) in [6, 6.07) is 6.80. The van der Waals surface area contributed by atoms with Gasteiger partial charge in [0.2, 0.25) is 0 Å². The molecule has 0 amide bonds. The van der Waals surface area contributed by atoms with Crippen LogP contribution in [0.5, 0.6) is 0 Å². The largest absolute Gasteiger partial charge is 0.372 e. The zero-order valence-corrected chi connectivity index (χ0v) is 14.0. The predicted octanol–water partition coefficient (Wildman–Crippen LogP) is 4.16. The molecule has 0 aromatic heterocycles. The summed E-state index contributed by atoms with van der Waals surface area (Å²) in [5, 5.41) is 1.69. The van der Waals surface area contributed by atoms with Crippen LogP contribution in [0.4, 0.5) is 5.69 Å². The summed E-state index contributed by atoms with van der Waals surface area (Å²) in [4.78, 5) is 4.89. The molecular formula is C15H22BrClN2. The van der Waals surface area contributed by atoms with E-state index in [4.69, 9.17) is 11.6 Å². The van der Waals surface area contributed by atoms with E-state index in [0.717, 1.165) is 23.4 Å². The van der Waals surface area contributed by atoms with Gasteiger partial charge in [-0.15, -0.1) is 0 Å². The number of likely N-dealkylation sites (N-methyl/N-ethyl adjacent to an activating group) is 2. The van der Waals surface area contributed by atoms with Crippen molar-refractivity contribution in [1.82, 2.24) is 4.90 Å². The van der Waals surface area contributed by atoms with Gasteiger partial charge in [-0.1, -0.05) is 46.6 Å². The molecule has 0 radical (unpaired) electrons. The van der Waals surface area contributed by atoms with Crippen LogP contribution in [0.2, 0.25) is 5.02 Å². The first-order valence-corrected chi connectivity index (χ1v) is 8.45. The molecule has 0 bridgehead atoms. The molecule has 4 heteroatoms. The predicted molar refractivity (Wildman–Crippen MR) is 87.6 cm³/mol. The van der Waals surface area contributed by atoms with Crippen molar-refractivity contribution in [3.63, 3.8) is 0 Å². The number of alkyl halides is 1. The molecule has 1 aromatic rings. The number of hydrogen-bond donors (Lipinski definition) is 0. The molecule has 19 heavy (non-hydrogen) atoms. The topological polar surface area (TPSA) is 6.48 Å². The van der Waals surface area contributed by atoms with Crippen molar-refractivity contribution in [2.24, 2.45) is 0 Å². The van der Waals surface area contributed by atoms with Gasteiger partial charge in [-0.05, 0) is 37.6 Å². The fourth-order valence-electron chi connectivity index (χ4n) is 3.02. The van der Waals surface area contributed by atoms with Crippen molar-refractivity contribution >= 4 is 33.2 Å². The van der Waals surface area contributed by atoms with Crippen LogP contribution in [0.25, 0.3) is 0 Å². The quantitative estimate of drug-likeness (QED) is 0.740. The number of rotatable bonds is 5. The Morgan fingerprint density at radius 2 is 2.26 bits per heavy atom. The van der Waals surface area contributed by atoms with Gasteiger partial charge in [0.05, 0.1) is 10.7 Å². The Morgan fingerprint density at radius 3 is 2.95 bits per heavy atom. The molecule has 2 rings (SSSR count). The number of nitrogens with zero attached hydrogens (tertiary/aromatic N) is 2. The summed E-state index contributed by atoms with van der Waals surface area (Å²) in [6.07, 6.45) is 2.62. The molecule has 1 saturated heterocycles. The van der Waals surface area contributed by atoms with Gasteiger partial charge in [0.15, 0.2) is 0 Å². The zero-order chi connectivity index (χ0) is 13.8. The molecule has 1 unspecified atom stereocenters. The normalized spacial score (nSPS) is 19.9. The van der Waals surface area contributed by atoms with Crippen molar-refractivity contribution in [2.75, 3.05) is 31.6 Å². The van der Waals surface area contributed by atoms with Crippen molar-refractivity contribution in [2.45, 2.75) is 31.1 Å². The maximum Gasteiger partial charge on any atom is 0.0642 e. The fraction of sp³-hybridized carbons (Fsp3) is 0.600. The molecule has 1 atom stereocenters. The summed E-state index contributed by atoms with van der Waals surface area (Å²) in [5.74, 6) is 0. The van der Waals surface area contributed by atoms with Crippen LogP contribution in [0, 0.1) is 0 Å². The van der Waals surface area contributed by atoms with Gasteiger partial charge in [-0.25, -0.2) is 0 Å². The van der Waals surface area contributed by atoms with E-state index in [0.29, 0.717) is 6.04 Å². The van der Waals surface area contributed by atoms with E-state index in [1.165, 1.54) is 30.6 Å². The van der Waals surface area contributed by atoms with Crippen molar-refractivity contribution in [1.29, 1.82) is 0 Å². The van der Waals surface area contributed by atoms with E-state index < -0.39 is 0 Å². The molecule has 2 nitrogen and oxygen atoms in total. The van der Waals surface area contributed by atoms with E-state index in [1.54, 1.807) is 0 Å². The van der Waals surface area contributed by atoms with E-state index in [-0.39, 0.29) is 0 Å². The van der Waals surface area contributed by atoms with E-state index >= 15 is 0 Å². The summed E-state index contributed by atoms with van der Waals surface area (Å²) in [5.41, 5.74) is 2.43. The van der Waals surface area contributed by atoms with Crippen LogP contribution < -0.4 is 4.90 Å². The minimum Gasteiger partial charge on any atom is -0.372 e. The fourth-order valence-corrected chi connectivity index (χ4v) is 3.81. The Bertz CT molecular complexity index is 425. The molecule has 106 valence electrons. The maximum absolute atomic E-state index is 6.38. The summed E-state index contributed by atoms with van der Waals surface area (Å²) in [6.45, 7) is 5.68. The highest BCUT2D eigenvalue weighted by atomic mass is 79.9. The molecule has 0 N–H and O–H groups in total. The Morgan fingerprint density at radius 1 is 1.47 bits per heavy atom. The van der Waals surface area contributed by atoms with Crippen LogP contribution in [-0.4, -0.2) is 37.6 Å². The third-order valence-corrected chi connectivity index (χ3v) is 4.90. The maximum atomic E-state index is 6.38. The summed E-state index contributed by atoms with van der Waals surface area (Å²) < 4.78 is 0. The second kappa shape index (κ2) is 6.96. The highest BCUT2D eigenvalue weighted by Gasteiger charge is 2.25. The summed E-state index contributed by atoms with van der Waals surface area (Å²) >= 11 is 9.94. The third kappa shape index (κ3) is 3.45. The zero-order valence-electron chi connectivity index (χ0n) is 11.7. The SMILES string of the molecule is CCN1CCCC1CN(C)c1c(Cl)cccc1CBr. The van der Waals surface area contributed by atoms with Crippen molar-refractivity contribution < 1.29 is 0 Å². The molecule has 1 heterocycles. The minimum absolute atomic E-state index is 0.662. The molecule has 1 fully saturated rings. The lowest BCUT2D eigenvalue weighted by atomic mass is 10.1. The molecule has 1 aliphatic heterocycles. The molecule has 0 saturated carbocycles.